The summed E-state index contributed by atoms with van der Waals surface area (Å²) in [6.45, 7) is 0.121. The van der Waals surface area contributed by atoms with Crippen molar-refractivity contribution in [1.29, 1.82) is 0 Å². The van der Waals surface area contributed by atoms with Crippen LogP contribution in [0.25, 0.3) is 0 Å². The zero-order valence-corrected chi connectivity index (χ0v) is 10.5. The van der Waals surface area contributed by atoms with Crippen molar-refractivity contribution in [3.8, 4) is 0 Å². The molecule has 1 amide bonds. The number of nitrogens with zero attached hydrogens (tertiary/aromatic N) is 3. The summed E-state index contributed by atoms with van der Waals surface area (Å²) in [5.41, 5.74) is 2.32. The molecule has 6 nitrogen and oxygen atoms in total. The van der Waals surface area contributed by atoms with Crippen molar-refractivity contribution in [1.82, 2.24) is 14.9 Å². The van der Waals surface area contributed by atoms with E-state index in [0.717, 1.165) is 0 Å². The van der Waals surface area contributed by atoms with Crippen LogP contribution in [0.1, 0.15) is 23.3 Å². The molecular weight excluding hydrogens is 275 g/mol. The maximum Gasteiger partial charge on any atom is 0.391 e. The Bertz CT molecular complexity index is 485. The van der Waals surface area contributed by atoms with E-state index < -0.39 is 18.0 Å². The van der Waals surface area contributed by atoms with Gasteiger partial charge in [0.25, 0.3) is 5.91 Å². The van der Waals surface area contributed by atoms with Crippen LogP contribution in [0.2, 0.25) is 0 Å². The first-order valence-electron chi connectivity index (χ1n) is 6.06. The third kappa shape index (κ3) is 3.16. The number of carbonyl (C=O) groups excluding carboxylic acids is 1. The summed E-state index contributed by atoms with van der Waals surface area (Å²) in [6.07, 6.45) is -1.76. The fourth-order valence-electron chi connectivity index (χ4n) is 2.11. The van der Waals surface area contributed by atoms with E-state index in [1.807, 2.05) is 0 Å². The molecule has 0 bridgehead atoms. The number of piperidine rings is 1. The number of anilines is 1. The minimum Gasteiger partial charge on any atom is -0.337 e. The molecule has 9 heteroatoms. The van der Waals surface area contributed by atoms with Gasteiger partial charge in [-0.05, 0) is 12.8 Å². The van der Waals surface area contributed by atoms with E-state index >= 15 is 0 Å². The van der Waals surface area contributed by atoms with Gasteiger partial charge < -0.3 is 10.3 Å². The van der Waals surface area contributed by atoms with Crippen molar-refractivity contribution in [2.75, 3.05) is 18.5 Å². The van der Waals surface area contributed by atoms with Crippen LogP contribution >= 0.6 is 0 Å². The minimum atomic E-state index is -4.20. The van der Waals surface area contributed by atoms with E-state index in [-0.39, 0.29) is 37.4 Å². The Morgan fingerprint density at radius 2 is 2.00 bits per heavy atom. The lowest BCUT2D eigenvalue weighted by molar-refractivity contribution is -0.183. The van der Waals surface area contributed by atoms with Gasteiger partial charge in [-0.3, -0.25) is 9.78 Å². The standard InChI is InChI=1S/C11H14F3N5O/c12-11(13,14)7-1-3-19(4-2-7)10(20)8-5-16-6-9(17-8)18-15/h5-7H,1-4,15H2,(H,17,18). The Morgan fingerprint density at radius 1 is 1.35 bits per heavy atom. The van der Waals surface area contributed by atoms with Crippen LogP contribution in [0.3, 0.4) is 0 Å². The van der Waals surface area contributed by atoms with Crippen molar-refractivity contribution in [2.24, 2.45) is 11.8 Å². The predicted octanol–water partition coefficient (Wildman–Crippen LogP) is 1.18. The fourth-order valence-corrected chi connectivity index (χ4v) is 2.11. The summed E-state index contributed by atoms with van der Waals surface area (Å²) in [5, 5.41) is 0. The molecule has 2 heterocycles. The lowest BCUT2D eigenvalue weighted by atomic mass is 9.96. The molecule has 1 fully saturated rings. The Morgan fingerprint density at radius 3 is 2.55 bits per heavy atom. The van der Waals surface area contributed by atoms with Crippen LogP contribution in [0.4, 0.5) is 19.0 Å². The Hall–Kier alpha value is -1.90. The number of carbonyl (C=O) groups is 1. The number of hydrogen-bond acceptors (Lipinski definition) is 5. The lowest BCUT2D eigenvalue weighted by Gasteiger charge is -2.32. The number of likely N-dealkylation sites (tertiary alicyclic amines) is 1. The van der Waals surface area contributed by atoms with Gasteiger partial charge in [-0.25, -0.2) is 10.8 Å². The van der Waals surface area contributed by atoms with E-state index in [1.54, 1.807) is 0 Å². The zero-order chi connectivity index (χ0) is 14.8. The normalized spacial score (nSPS) is 17.1. The van der Waals surface area contributed by atoms with Crippen LogP contribution < -0.4 is 11.3 Å². The topological polar surface area (TPSA) is 84.1 Å². The fraction of sp³-hybridized carbons (Fsp3) is 0.545. The highest BCUT2D eigenvalue weighted by Crippen LogP contribution is 2.34. The SMILES string of the molecule is NNc1cncc(C(=O)N2CCC(C(F)(F)F)CC2)n1. The van der Waals surface area contributed by atoms with E-state index in [0.29, 0.717) is 0 Å². The number of nitrogens with two attached hydrogens (primary N) is 1. The lowest BCUT2D eigenvalue weighted by Crippen LogP contribution is -2.42. The molecule has 2 rings (SSSR count). The van der Waals surface area contributed by atoms with Crippen LogP contribution in [-0.2, 0) is 0 Å². The van der Waals surface area contributed by atoms with Crippen LogP contribution in [0.5, 0.6) is 0 Å². The van der Waals surface area contributed by atoms with Crippen LogP contribution in [-0.4, -0.2) is 40.0 Å². The molecule has 0 aromatic carbocycles. The number of alkyl halides is 3. The summed E-state index contributed by atoms with van der Waals surface area (Å²) < 4.78 is 37.6. The van der Waals surface area contributed by atoms with Gasteiger partial charge in [0, 0.05) is 13.1 Å². The van der Waals surface area contributed by atoms with Gasteiger partial charge in [0.1, 0.15) is 5.69 Å². The molecule has 0 radical (unpaired) electrons. The molecule has 0 saturated carbocycles. The maximum absolute atomic E-state index is 12.5. The molecule has 0 unspecified atom stereocenters. The number of hydrogen-bond donors (Lipinski definition) is 2. The summed E-state index contributed by atoms with van der Waals surface area (Å²) in [7, 11) is 0. The first-order chi connectivity index (χ1) is 9.41. The molecule has 0 atom stereocenters. The molecule has 3 N–H and O–H groups in total. The van der Waals surface area contributed by atoms with E-state index in [1.165, 1.54) is 17.3 Å². The highest BCUT2D eigenvalue weighted by molar-refractivity contribution is 5.92. The summed E-state index contributed by atoms with van der Waals surface area (Å²) in [6, 6.07) is 0. The van der Waals surface area contributed by atoms with Crippen molar-refractivity contribution in [3.63, 3.8) is 0 Å². The summed E-state index contributed by atoms with van der Waals surface area (Å²) in [5.74, 6) is 3.61. The number of aromatic nitrogens is 2. The summed E-state index contributed by atoms with van der Waals surface area (Å²) >= 11 is 0. The maximum atomic E-state index is 12.5. The predicted molar refractivity (Wildman–Crippen MR) is 64.5 cm³/mol. The molecule has 0 aliphatic carbocycles. The molecule has 1 aliphatic rings. The van der Waals surface area contributed by atoms with Gasteiger partial charge in [0.15, 0.2) is 5.82 Å². The smallest absolute Gasteiger partial charge is 0.337 e. The largest absolute Gasteiger partial charge is 0.391 e. The number of nitrogen functional groups attached to an aromatic ring is 1. The van der Waals surface area contributed by atoms with Gasteiger partial charge >= 0.3 is 6.18 Å². The number of hydrazine groups is 1. The molecule has 20 heavy (non-hydrogen) atoms. The van der Waals surface area contributed by atoms with Gasteiger partial charge in [-0.1, -0.05) is 0 Å². The monoisotopic (exact) mass is 289 g/mol. The van der Waals surface area contributed by atoms with Crippen LogP contribution in [0, 0.1) is 5.92 Å². The Kier molecular flexibility index (Phi) is 4.07. The Labute approximate surface area is 113 Å². The van der Waals surface area contributed by atoms with Gasteiger partial charge in [0.05, 0.1) is 18.3 Å². The number of halogens is 3. The average Bonchev–Trinajstić information content (AvgIpc) is 2.46. The average molecular weight is 289 g/mol. The second-order valence-electron chi connectivity index (χ2n) is 4.54. The third-order valence-electron chi connectivity index (χ3n) is 3.25. The third-order valence-corrected chi connectivity index (χ3v) is 3.25. The highest BCUT2D eigenvalue weighted by Gasteiger charge is 2.41. The molecule has 1 saturated heterocycles. The van der Waals surface area contributed by atoms with Crippen LogP contribution in [0.15, 0.2) is 12.4 Å². The molecule has 0 spiro atoms. The van der Waals surface area contributed by atoms with Crippen molar-refractivity contribution in [3.05, 3.63) is 18.1 Å². The number of amides is 1. The molecule has 1 aromatic rings. The molecular formula is C11H14F3N5O. The van der Waals surface area contributed by atoms with Crippen molar-refractivity contribution < 1.29 is 18.0 Å². The van der Waals surface area contributed by atoms with Gasteiger partial charge in [-0.15, -0.1) is 0 Å². The van der Waals surface area contributed by atoms with Crippen molar-refractivity contribution >= 4 is 11.7 Å². The number of nitrogens with one attached hydrogen (secondary N) is 1. The second kappa shape index (κ2) is 5.61. The first kappa shape index (κ1) is 14.5. The van der Waals surface area contributed by atoms with Gasteiger partial charge in [0.2, 0.25) is 0 Å². The zero-order valence-electron chi connectivity index (χ0n) is 10.5. The van der Waals surface area contributed by atoms with Crippen molar-refractivity contribution in [2.45, 2.75) is 19.0 Å². The van der Waals surface area contributed by atoms with E-state index in [4.69, 9.17) is 5.84 Å². The Balaban J connectivity index is 2.01. The second-order valence-corrected chi connectivity index (χ2v) is 4.54. The minimum absolute atomic E-state index is 0.0605. The first-order valence-corrected chi connectivity index (χ1v) is 6.06. The quantitative estimate of drug-likeness (QED) is 0.631. The molecule has 1 aromatic heterocycles. The molecule has 110 valence electrons. The van der Waals surface area contributed by atoms with Gasteiger partial charge in [-0.2, -0.15) is 13.2 Å². The summed E-state index contributed by atoms with van der Waals surface area (Å²) in [4.78, 5) is 21.2. The number of rotatable bonds is 2. The highest BCUT2D eigenvalue weighted by atomic mass is 19.4. The van der Waals surface area contributed by atoms with E-state index in [2.05, 4.69) is 15.4 Å². The van der Waals surface area contributed by atoms with E-state index in [9.17, 15) is 18.0 Å². The molecule has 1 aliphatic heterocycles.